The van der Waals surface area contributed by atoms with Gasteiger partial charge in [-0.25, -0.2) is 0 Å². The van der Waals surface area contributed by atoms with Gasteiger partial charge in [-0.3, -0.25) is 0 Å². The Morgan fingerprint density at radius 3 is 2.89 bits per heavy atom. The maximum absolute atomic E-state index is 5.87. The van der Waals surface area contributed by atoms with Crippen molar-refractivity contribution in [2.24, 2.45) is 0 Å². The molecule has 1 aliphatic rings. The summed E-state index contributed by atoms with van der Waals surface area (Å²) in [6.45, 7) is 12.3. The maximum Gasteiger partial charge on any atom is 0.0702 e. The van der Waals surface area contributed by atoms with Gasteiger partial charge in [0.15, 0.2) is 0 Å². The second-order valence-corrected chi connectivity index (χ2v) is 5.75. The summed E-state index contributed by atoms with van der Waals surface area (Å²) in [5.41, 5.74) is 0. The van der Waals surface area contributed by atoms with Gasteiger partial charge in [-0.15, -0.1) is 0 Å². The molecule has 1 rings (SSSR count). The first-order valence-electron chi connectivity index (χ1n) is 7.79. The summed E-state index contributed by atoms with van der Waals surface area (Å²) in [5.74, 6) is 0. The Morgan fingerprint density at radius 1 is 1.33 bits per heavy atom. The maximum atomic E-state index is 5.87. The van der Waals surface area contributed by atoms with Gasteiger partial charge in [-0.05, 0) is 51.7 Å². The minimum absolute atomic E-state index is 0.493. The zero-order valence-corrected chi connectivity index (χ0v) is 12.6. The highest BCUT2D eigenvalue weighted by atomic mass is 16.5. The molecule has 18 heavy (non-hydrogen) atoms. The monoisotopic (exact) mass is 256 g/mol. The van der Waals surface area contributed by atoms with Crippen LogP contribution in [0.15, 0.2) is 0 Å². The van der Waals surface area contributed by atoms with E-state index in [1.807, 2.05) is 0 Å². The lowest BCUT2D eigenvalue weighted by Gasteiger charge is -2.32. The van der Waals surface area contributed by atoms with E-state index < -0.39 is 0 Å². The molecule has 0 aliphatic carbocycles. The van der Waals surface area contributed by atoms with Gasteiger partial charge in [-0.2, -0.15) is 0 Å². The van der Waals surface area contributed by atoms with Gasteiger partial charge in [0.1, 0.15) is 0 Å². The Bertz CT molecular complexity index is 197. The van der Waals surface area contributed by atoms with E-state index in [1.165, 1.54) is 38.8 Å². The summed E-state index contributed by atoms with van der Waals surface area (Å²) >= 11 is 0. The van der Waals surface area contributed by atoms with Gasteiger partial charge in [0, 0.05) is 19.2 Å². The molecule has 0 spiro atoms. The van der Waals surface area contributed by atoms with E-state index in [2.05, 4.69) is 31.0 Å². The smallest absolute Gasteiger partial charge is 0.0702 e. The van der Waals surface area contributed by atoms with Gasteiger partial charge < -0.3 is 15.0 Å². The zero-order chi connectivity index (χ0) is 13.2. The molecule has 1 fully saturated rings. The summed E-state index contributed by atoms with van der Waals surface area (Å²) in [6, 6.07) is 0.617. The van der Waals surface area contributed by atoms with E-state index in [0.717, 1.165) is 26.1 Å². The number of hydrogen-bond acceptors (Lipinski definition) is 3. The number of nitrogens with zero attached hydrogens (tertiary/aromatic N) is 1. The van der Waals surface area contributed by atoms with Crippen molar-refractivity contribution < 1.29 is 4.74 Å². The lowest BCUT2D eigenvalue weighted by Crippen LogP contribution is -2.40. The molecule has 108 valence electrons. The van der Waals surface area contributed by atoms with Gasteiger partial charge in [0.25, 0.3) is 0 Å². The third-order valence-corrected chi connectivity index (χ3v) is 3.47. The van der Waals surface area contributed by atoms with Crippen molar-refractivity contribution in [2.75, 3.05) is 32.8 Å². The lowest BCUT2D eigenvalue weighted by atomic mass is 10.1. The molecule has 3 heteroatoms. The van der Waals surface area contributed by atoms with Crippen LogP contribution in [0.25, 0.3) is 0 Å². The van der Waals surface area contributed by atoms with E-state index >= 15 is 0 Å². The average molecular weight is 256 g/mol. The van der Waals surface area contributed by atoms with Crippen molar-refractivity contribution in [3.63, 3.8) is 0 Å². The average Bonchev–Trinajstić information content (AvgIpc) is 2.36. The molecular formula is C15H32N2O. The first-order valence-corrected chi connectivity index (χ1v) is 7.79. The van der Waals surface area contributed by atoms with E-state index in [1.54, 1.807) is 0 Å². The van der Waals surface area contributed by atoms with Crippen molar-refractivity contribution >= 4 is 0 Å². The minimum Gasteiger partial charge on any atom is -0.377 e. The van der Waals surface area contributed by atoms with Crippen LogP contribution < -0.4 is 5.32 Å². The number of hydrogen-bond donors (Lipinski definition) is 1. The third-order valence-electron chi connectivity index (χ3n) is 3.47. The SMILES string of the molecule is CCCOC1CCCN(CCCCNC(C)C)C1. The Labute approximate surface area is 113 Å². The Balaban J connectivity index is 2.03. The first-order chi connectivity index (χ1) is 8.72. The van der Waals surface area contributed by atoms with Gasteiger partial charge in [-0.1, -0.05) is 20.8 Å². The highest BCUT2D eigenvalue weighted by molar-refractivity contribution is 4.73. The zero-order valence-electron chi connectivity index (χ0n) is 12.6. The van der Waals surface area contributed by atoms with Crippen molar-refractivity contribution in [3.05, 3.63) is 0 Å². The highest BCUT2D eigenvalue weighted by Crippen LogP contribution is 2.14. The van der Waals surface area contributed by atoms with Crippen LogP contribution in [0, 0.1) is 0 Å². The number of likely N-dealkylation sites (tertiary alicyclic amines) is 1. The number of unbranched alkanes of at least 4 members (excludes halogenated alkanes) is 1. The van der Waals surface area contributed by atoms with Crippen LogP contribution in [0.5, 0.6) is 0 Å². The highest BCUT2D eigenvalue weighted by Gasteiger charge is 2.19. The van der Waals surface area contributed by atoms with Gasteiger partial charge >= 0.3 is 0 Å². The van der Waals surface area contributed by atoms with Crippen LogP contribution in [0.3, 0.4) is 0 Å². The first kappa shape index (κ1) is 15.9. The molecule has 1 saturated heterocycles. The molecule has 0 aromatic heterocycles. The van der Waals surface area contributed by atoms with Crippen molar-refractivity contribution in [2.45, 2.75) is 65.0 Å². The van der Waals surface area contributed by atoms with Crippen LogP contribution in [-0.4, -0.2) is 49.8 Å². The van der Waals surface area contributed by atoms with Gasteiger partial charge in [0.2, 0.25) is 0 Å². The van der Waals surface area contributed by atoms with Crippen LogP contribution >= 0.6 is 0 Å². The second kappa shape index (κ2) is 9.76. The standard InChI is InChI=1S/C15H32N2O/c1-4-12-18-15-8-7-11-17(13-15)10-6-5-9-16-14(2)3/h14-16H,4-13H2,1-3H3. The third kappa shape index (κ3) is 7.34. The molecule has 1 unspecified atom stereocenters. The predicted molar refractivity (Wildman–Crippen MR) is 78.1 cm³/mol. The fraction of sp³-hybridized carbons (Fsp3) is 1.00. The molecule has 0 aromatic carbocycles. The molecule has 1 N–H and O–H groups in total. The molecular weight excluding hydrogens is 224 g/mol. The van der Waals surface area contributed by atoms with Crippen molar-refractivity contribution in [3.8, 4) is 0 Å². The fourth-order valence-corrected chi connectivity index (χ4v) is 2.49. The number of piperidine rings is 1. The lowest BCUT2D eigenvalue weighted by molar-refractivity contribution is -0.000321. The quantitative estimate of drug-likeness (QED) is 0.642. The largest absolute Gasteiger partial charge is 0.377 e. The van der Waals surface area contributed by atoms with Crippen LogP contribution in [-0.2, 0) is 4.74 Å². The summed E-state index contributed by atoms with van der Waals surface area (Å²) in [7, 11) is 0. The molecule has 0 aromatic rings. The van der Waals surface area contributed by atoms with Crippen molar-refractivity contribution in [1.82, 2.24) is 10.2 Å². The second-order valence-electron chi connectivity index (χ2n) is 5.75. The van der Waals surface area contributed by atoms with Crippen molar-refractivity contribution in [1.29, 1.82) is 0 Å². The summed E-state index contributed by atoms with van der Waals surface area (Å²) in [5, 5.41) is 3.48. The Hall–Kier alpha value is -0.120. The number of rotatable bonds is 9. The Morgan fingerprint density at radius 2 is 2.17 bits per heavy atom. The van der Waals surface area contributed by atoms with E-state index in [9.17, 15) is 0 Å². The predicted octanol–water partition coefficient (Wildman–Crippen LogP) is 2.66. The van der Waals surface area contributed by atoms with E-state index in [4.69, 9.17) is 4.74 Å². The minimum atomic E-state index is 0.493. The molecule has 0 bridgehead atoms. The summed E-state index contributed by atoms with van der Waals surface area (Å²) in [4.78, 5) is 2.58. The number of nitrogens with one attached hydrogen (secondary N) is 1. The number of ether oxygens (including phenoxy) is 1. The van der Waals surface area contributed by atoms with Gasteiger partial charge in [0.05, 0.1) is 6.10 Å². The van der Waals surface area contributed by atoms with Crippen LogP contribution in [0.1, 0.15) is 52.9 Å². The molecule has 0 saturated carbocycles. The van der Waals surface area contributed by atoms with Crippen LogP contribution in [0.2, 0.25) is 0 Å². The van der Waals surface area contributed by atoms with Crippen LogP contribution in [0.4, 0.5) is 0 Å². The molecule has 1 aliphatic heterocycles. The van der Waals surface area contributed by atoms with E-state index in [-0.39, 0.29) is 0 Å². The fourth-order valence-electron chi connectivity index (χ4n) is 2.49. The molecule has 1 heterocycles. The molecule has 1 atom stereocenters. The molecule has 3 nitrogen and oxygen atoms in total. The normalized spacial score (nSPS) is 21.7. The topological polar surface area (TPSA) is 24.5 Å². The molecule has 0 radical (unpaired) electrons. The van der Waals surface area contributed by atoms with E-state index in [0.29, 0.717) is 12.1 Å². The summed E-state index contributed by atoms with van der Waals surface area (Å²) < 4.78 is 5.87. The molecule has 0 amide bonds. The Kier molecular flexibility index (Phi) is 8.64. The summed E-state index contributed by atoms with van der Waals surface area (Å²) in [6.07, 6.45) is 6.78.